The van der Waals surface area contributed by atoms with Crippen molar-refractivity contribution in [1.29, 1.82) is 0 Å². The molecule has 6 aromatic rings. The van der Waals surface area contributed by atoms with Gasteiger partial charge in [0, 0.05) is 61.8 Å². The third kappa shape index (κ3) is 7.84. The van der Waals surface area contributed by atoms with Crippen molar-refractivity contribution in [2.75, 3.05) is 49.3 Å². The number of carbonyl (C=O) groups excluding carboxylic acids is 2. The minimum Gasteiger partial charge on any atom is -0.380 e. The molecule has 7 N–H and O–H groups in total. The first kappa shape index (κ1) is 42.2. The van der Waals surface area contributed by atoms with E-state index in [0.717, 1.165) is 18.4 Å². The van der Waals surface area contributed by atoms with E-state index in [1.165, 1.54) is 29.7 Å². The molecular weight excluding hydrogens is 857 g/mol. The molecule has 26 heteroatoms. The highest BCUT2D eigenvalue weighted by molar-refractivity contribution is 7.88. The van der Waals surface area contributed by atoms with Gasteiger partial charge in [-0.2, -0.15) is 20.2 Å². The lowest BCUT2D eigenvalue weighted by atomic mass is 9.93. The van der Waals surface area contributed by atoms with Crippen LogP contribution in [0.4, 0.5) is 11.4 Å². The van der Waals surface area contributed by atoms with Gasteiger partial charge in [-0.05, 0) is 70.9 Å². The molecule has 4 aliphatic rings. The van der Waals surface area contributed by atoms with Crippen LogP contribution in [0.1, 0.15) is 47.4 Å². The second-order valence-corrected chi connectivity index (χ2v) is 21.2. The van der Waals surface area contributed by atoms with Gasteiger partial charge >= 0.3 is 0 Å². The zero-order chi connectivity index (χ0) is 44.7. The van der Waals surface area contributed by atoms with E-state index in [9.17, 15) is 26.4 Å². The summed E-state index contributed by atoms with van der Waals surface area (Å²) in [6.45, 7) is 6.39. The molecule has 0 radical (unpaired) electrons. The number of nitrogens with two attached hydrogens (primary N) is 2. The van der Waals surface area contributed by atoms with Gasteiger partial charge < -0.3 is 22.1 Å². The Balaban J connectivity index is 0.000000160. The van der Waals surface area contributed by atoms with E-state index in [1.807, 2.05) is 12.1 Å². The lowest BCUT2D eigenvalue weighted by Gasteiger charge is -2.25. The van der Waals surface area contributed by atoms with Crippen LogP contribution >= 0.6 is 0 Å². The van der Waals surface area contributed by atoms with E-state index >= 15 is 0 Å². The molecular formula is C37H48N18O6S2. The Morgan fingerprint density at radius 1 is 0.730 bits per heavy atom. The van der Waals surface area contributed by atoms with Crippen LogP contribution in [0.3, 0.4) is 0 Å². The Kier molecular flexibility index (Phi) is 10.4. The maximum absolute atomic E-state index is 12.2. The number of aromatic nitrogens is 12. The number of primary amides is 2. The molecule has 6 aromatic heterocycles. The highest BCUT2D eigenvalue weighted by atomic mass is 32.2. The summed E-state index contributed by atoms with van der Waals surface area (Å²) in [4.78, 5) is 25.7. The van der Waals surface area contributed by atoms with Crippen LogP contribution in [0, 0.1) is 35.5 Å². The number of tetrazole rings is 2. The van der Waals surface area contributed by atoms with Crippen LogP contribution in [0.25, 0.3) is 33.8 Å². The second-order valence-electron chi connectivity index (χ2n) is 17.2. The highest BCUT2D eigenvalue weighted by Crippen LogP contribution is 2.46. The molecule has 2 aliphatic carbocycles. The number of carbonyl (C=O) groups is 2. The van der Waals surface area contributed by atoms with E-state index in [-0.39, 0.29) is 47.6 Å². The monoisotopic (exact) mass is 904 g/mol. The molecule has 8 heterocycles. The SMILES string of the molecule is C[C@@H]1[C@H]2CN(S(C)(=O)=O)C[C@H]2C[C@H]1Nc1c(C(N)=O)cnn2cc(-c3nn[nH]n3)cc12.C[C@@H]1[C@H]2CN(S(C)(=O)=O)C[C@H]2C[C@H]1Nc1c(C(N)=O)cnn2cc(-c3nnn(C)n3)cc12. The van der Waals surface area contributed by atoms with Gasteiger partial charge in [-0.1, -0.05) is 13.8 Å². The summed E-state index contributed by atoms with van der Waals surface area (Å²) in [5.41, 5.74) is 15.9. The summed E-state index contributed by atoms with van der Waals surface area (Å²) in [5.74, 6) is 1.25. The van der Waals surface area contributed by atoms with Crippen molar-refractivity contribution in [3.05, 3.63) is 48.0 Å². The van der Waals surface area contributed by atoms with Crippen LogP contribution < -0.4 is 22.1 Å². The number of H-pyrrole nitrogens is 1. The molecule has 0 aromatic carbocycles. The first-order valence-corrected chi connectivity index (χ1v) is 24.1. The zero-order valence-electron chi connectivity index (χ0n) is 35.1. The molecule has 2 aliphatic heterocycles. The Morgan fingerprint density at radius 3 is 1.59 bits per heavy atom. The number of hydrogen-bond donors (Lipinski definition) is 5. The fourth-order valence-corrected chi connectivity index (χ4v) is 11.9. The van der Waals surface area contributed by atoms with Gasteiger partial charge in [0.2, 0.25) is 31.7 Å². The van der Waals surface area contributed by atoms with Crippen LogP contribution in [0.5, 0.6) is 0 Å². The summed E-state index contributed by atoms with van der Waals surface area (Å²) in [7, 11) is -4.69. The van der Waals surface area contributed by atoms with Crippen molar-refractivity contribution in [2.24, 2.45) is 54.0 Å². The molecule has 4 fully saturated rings. The molecule has 0 unspecified atom stereocenters. The first-order chi connectivity index (χ1) is 29.8. The molecule has 0 spiro atoms. The van der Waals surface area contributed by atoms with Gasteiger partial charge in [-0.15, -0.1) is 20.4 Å². The Hall–Kier alpha value is -6.12. The number of nitrogens with zero attached hydrogens (tertiary/aromatic N) is 13. The second kappa shape index (κ2) is 15.6. The number of rotatable bonds is 10. The van der Waals surface area contributed by atoms with E-state index in [0.29, 0.717) is 76.9 Å². The van der Waals surface area contributed by atoms with E-state index in [4.69, 9.17) is 11.5 Å². The minimum absolute atomic E-state index is 0.0732. The van der Waals surface area contributed by atoms with Crippen molar-refractivity contribution < 1.29 is 26.4 Å². The van der Waals surface area contributed by atoms with E-state index < -0.39 is 31.9 Å². The van der Waals surface area contributed by atoms with Crippen molar-refractivity contribution >= 4 is 54.3 Å². The third-order valence-electron chi connectivity index (χ3n) is 13.4. The number of anilines is 2. The summed E-state index contributed by atoms with van der Waals surface area (Å²) < 4.78 is 54.3. The lowest BCUT2D eigenvalue weighted by molar-refractivity contribution is 0.0992. The third-order valence-corrected chi connectivity index (χ3v) is 15.9. The molecule has 24 nitrogen and oxygen atoms in total. The van der Waals surface area contributed by atoms with Gasteiger partial charge in [-0.25, -0.2) is 34.5 Å². The van der Waals surface area contributed by atoms with Crippen molar-refractivity contribution in [1.82, 2.24) is 68.7 Å². The summed E-state index contributed by atoms with van der Waals surface area (Å²) in [5, 5.41) is 41.8. The van der Waals surface area contributed by atoms with Crippen LogP contribution in [0.2, 0.25) is 0 Å². The zero-order valence-corrected chi connectivity index (χ0v) is 36.7. The Bertz CT molecular complexity index is 2970. The standard InChI is InChI=1S/C19H25N9O3S.C18H23N9O3S/c1-10-14-9-27(32(3,30)31)7-11(14)4-15(10)22-17-13(18(20)29)6-21-28-8-12(5-16(17)28)19-23-25-26(2)24-19;1-9-13-8-26(31(2,29)30)6-10(13)3-14(9)21-16-12(17(19)28)5-20-27-7-11(4-15(16)27)18-22-24-25-23-18/h5-6,8,10-11,14-15,22H,4,7,9H2,1-3H3,(H2,20,29);4-5,7,9-10,13-14,21H,3,6,8H2,1-2H3,(H2,19,28)(H,22,23,24,25)/t10-,11-,14-,15-;9-,10-,13-,14-/m11/s1. The van der Waals surface area contributed by atoms with E-state index in [2.05, 4.69) is 70.7 Å². The van der Waals surface area contributed by atoms with Gasteiger partial charge in [0.1, 0.15) is 0 Å². The predicted octanol–water partition coefficient (Wildman–Crippen LogP) is -0.107. The summed E-state index contributed by atoms with van der Waals surface area (Å²) >= 11 is 0. The van der Waals surface area contributed by atoms with Gasteiger partial charge in [0.15, 0.2) is 0 Å². The summed E-state index contributed by atoms with van der Waals surface area (Å²) in [6.07, 6.45) is 10.6. The average Bonchev–Trinajstić information content (AvgIpc) is 4.07. The molecule has 63 heavy (non-hydrogen) atoms. The minimum atomic E-state index is -3.19. The number of amides is 2. The van der Waals surface area contributed by atoms with Gasteiger partial charge in [0.05, 0.1) is 65.5 Å². The number of aryl methyl sites for hydroxylation is 1. The number of sulfonamides is 2. The van der Waals surface area contributed by atoms with Crippen molar-refractivity contribution in [3.63, 3.8) is 0 Å². The molecule has 2 saturated heterocycles. The number of nitrogens with one attached hydrogen (secondary N) is 3. The quantitative estimate of drug-likeness (QED) is 0.120. The lowest BCUT2D eigenvalue weighted by Crippen LogP contribution is -2.33. The van der Waals surface area contributed by atoms with E-state index in [1.54, 1.807) is 37.1 Å². The topological polar surface area (TPSA) is 318 Å². The predicted molar refractivity (Wildman–Crippen MR) is 228 cm³/mol. The normalized spacial score (nSPS) is 26.2. The first-order valence-electron chi connectivity index (χ1n) is 20.4. The number of fused-ring (bicyclic) bond motifs is 4. The summed E-state index contributed by atoms with van der Waals surface area (Å²) in [6, 6.07) is 3.83. The maximum Gasteiger partial charge on any atom is 0.252 e. The number of hydrogen-bond acceptors (Lipinski definition) is 16. The fraction of sp³-hybridized carbons (Fsp3) is 0.514. The Morgan fingerprint density at radius 2 is 1.21 bits per heavy atom. The van der Waals surface area contributed by atoms with Crippen LogP contribution in [0.15, 0.2) is 36.9 Å². The molecule has 2 saturated carbocycles. The molecule has 0 bridgehead atoms. The molecule has 10 rings (SSSR count). The smallest absolute Gasteiger partial charge is 0.252 e. The van der Waals surface area contributed by atoms with Crippen molar-refractivity contribution in [3.8, 4) is 22.8 Å². The van der Waals surface area contributed by atoms with Gasteiger partial charge in [0.25, 0.3) is 11.8 Å². The fourth-order valence-electron chi connectivity index (χ4n) is 10.1. The maximum atomic E-state index is 12.2. The molecule has 8 atom stereocenters. The van der Waals surface area contributed by atoms with Crippen LogP contribution in [-0.4, -0.2) is 148 Å². The van der Waals surface area contributed by atoms with Crippen molar-refractivity contribution in [2.45, 2.75) is 38.8 Å². The molecule has 334 valence electrons. The van der Waals surface area contributed by atoms with Gasteiger partial charge in [-0.3, -0.25) is 9.59 Å². The Labute approximate surface area is 361 Å². The highest BCUT2D eigenvalue weighted by Gasteiger charge is 2.49. The number of aromatic amines is 1. The average molecular weight is 905 g/mol. The molecule has 2 amide bonds. The van der Waals surface area contributed by atoms with Crippen LogP contribution in [-0.2, 0) is 27.1 Å². The largest absolute Gasteiger partial charge is 0.380 e.